The third-order valence-corrected chi connectivity index (χ3v) is 5.74. The molecule has 0 spiro atoms. The van der Waals surface area contributed by atoms with Crippen molar-refractivity contribution in [1.82, 2.24) is 4.90 Å². The van der Waals surface area contributed by atoms with Crippen LogP contribution in [0.25, 0.3) is 0 Å². The van der Waals surface area contributed by atoms with Crippen molar-refractivity contribution in [2.75, 3.05) is 19.0 Å². The van der Waals surface area contributed by atoms with Crippen molar-refractivity contribution < 1.29 is 9.18 Å². The van der Waals surface area contributed by atoms with Crippen molar-refractivity contribution in [2.24, 2.45) is 10.2 Å². The molecule has 28 heavy (non-hydrogen) atoms. The molecule has 1 saturated heterocycles. The fourth-order valence-corrected chi connectivity index (χ4v) is 3.79. The van der Waals surface area contributed by atoms with Gasteiger partial charge in [0.05, 0.1) is 18.0 Å². The standard InChI is InChI=1S/C21H23FN4OS/c1-4-19-20(27)26(14-16-5-9-17(22)10-6-16)21(28-19)24-23-13-15-7-11-18(12-8-15)25(2)3/h5-13,19H,4,14H2,1-3H3/b23-13+,24-21?. The molecule has 0 bridgehead atoms. The molecule has 0 N–H and O–H groups in total. The minimum atomic E-state index is -0.295. The number of hydrogen-bond donors (Lipinski definition) is 0. The van der Waals surface area contributed by atoms with Crippen LogP contribution < -0.4 is 4.90 Å². The summed E-state index contributed by atoms with van der Waals surface area (Å²) in [6.45, 7) is 2.33. The first-order chi connectivity index (χ1) is 13.5. The number of rotatable bonds is 6. The van der Waals surface area contributed by atoms with Crippen LogP contribution in [-0.2, 0) is 11.3 Å². The number of hydrogen-bond acceptors (Lipinski definition) is 5. The number of nitrogens with zero attached hydrogens (tertiary/aromatic N) is 4. The Balaban J connectivity index is 1.76. The summed E-state index contributed by atoms with van der Waals surface area (Å²) in [5, 5.41) is 8.88. The van der Waals surface area contributed by atoms with E-state index in [2.05, 4.69) is 10.2 Å². The Morgan fingerprint density at radius 3 is 2.43 bits per heavy atom. The number of carbonyl (C=O) groups is 1. The number of thioether (sulfide) groups is 1. The summed E-state index contributed by atoms with van der Waals surface area (Å²) in [6, 6.07) is 14.1. The zero-order valence-electron chi connectivity index (χ0n) is 16.2. The molecule has 2 aromatic rings. The highest BCUT2D eigenvalue weighted by Gasteiger charge is 2.36. The van der Waals surface area contributed by atoms with Gasteiger partial charge in [-0.3, -0.25) is 9.69 Å². The maximum Gasteiger partial charge on any atom is 0.242 e. The summed E-state index contributed by atoms with van der Waals surface area (Å²) < 4.78 is 13.1. The highest BCUT2D eigenvalue weighted by molar-refractivity contribution is 8.15. The molecular weight excluding hydrogens is 375 g/mol. The molecule has 1 atom stereocenters. The maximum absolute atomic E-state index is 13.1. The van der Waals surface area contributed by atoms with Crippen molar-refractivity contribution in [3.63, 3.8) is 0 Å². The molecule has 2 aromatic carbocycles. The van der Waals surface area contributed by atoms with E-state index in [1.807, 2.05) is 50.2 Å². The fraction of sp³-hybridized carbons (Fsp3) is 0.286. The van der Waals surface area contributed by atoms with Gasteiger partial charge in [0.1, 0.15) is 5.82 Å². The normalized spacial score (nSPS) is 18.4. The van der Waals surface area contributed by atoms with Gasteiger partial charge in [0, 0.05) is 19.8 Å². The Kier molecular flexibility index (Phi) is 6.46. The lowest BCUT2D eigenvalue weighted by atomic mass is 10.2. The third-order valence-electron chi connectivity index (χ3n) is 4.40. The van der Waals surface area contributed by atoms with Gasteiger partial charge in [0.2, 0.25) is 5.91 Å². The molecule has 1 aliphatic heterocycles. The first-order valence-corrected chi connectivity index (χ1v) is 9.96. The van der Waals surface area contributed by atoms with E-state index in [1.54, 1.807) is 23.2 Å². The monoisotopic (exact) mass is 398 g/mol. The highest BCUT2D eigenvalue weighted by Crippen LogP contribution is 2.30. The van der Waals surface area contributed by atoms with Gasteiger partial charge in [-0.15, -0.1) is 5.10 Å². The lowest BCUT2D eigenvalue weighted by Gasteiger charge is -2.15. The van der Waals surface area contributed by atoms with E-state index < -0.39 is 0 Å². The number of benzene rings is 2. The van der Waals surface area contributed by atoms with Gasteiger partial charge in [-0.25, -0.2) is 4.39 Å². The third kappa shape index (κ3) is 4.78. The average Bonchev–Trinajstić information content (AvgIpc) is 2.99. The first-order valence-electron chi connectivity index (χ1n) is 9.09. The fourth-order valence-electron chi connectivity index (χ4n) is 2.77. The zero-order valence-corrected chi connectivity index (χ0v) is 17.0. The molecule has 0 radical (unpaired) electrons. The second kappa shape index (κ2) is 9.01. The topological polar surface area (TPSA) is 48.3 Å². The maximum atomic E-state index is 13.1. The lowest BCUT2D eigenvalue weighted by molar-refractivity contribution is -0.126. The summed E-state index contributed by atoms with van der Waals surface area (Å²) in [5.41, 5.74) is 2.89. The Morgan fingerprint density at radius 1 is 1.14 bits per heavy atom. The molecule has 1 unspecified atom stereocenters. The average molecular weight is 399 g/mol. The van der Waals surface area contributed by atoms with Gasteiger partial charge in [-0.1, -0.05) is 43.0 Å². The van der Waals surface area contributed by atoms with Crippen LogP contribution >= 0.6 is 11.8 Å². The molecule has 0 aromatic heterocycles. The number of halogens is 1. The van der Waals surface area contributed by atoms with Crippen molar-refractivity contribution in [1.29, 1.82) is 0 Å². The van der Waals surface area contributed by atoms with Crippen molar-refractivity contribution >= 4 is 34.7 Å². The predicted molar refractivity (Wildman–Crippen MR) is 114 cm³/mol. The summed E-state index contributed by atoms with van der Waals surface area (Å²) in [4.78, 5) is 16.3. The van der Waals surface area contributed by atoms with Crippen LogP contribution in [0.5, 0.6) is 0 Å². The molecule has 0 saturated carbocycles. The van der Waals surface area contributed by atoms with E-state index in [0.717, 1.165) is 23.2 Å². The van der Waals surface area contributed by atoms with Gasteiger partial charge < -0.3 is 4.90 Å². The van der Waals surface area contributed by atoms with Crippen LogP contribution in [0.2, 0.25) is 0 Å². The van der Waals surface area contributed by atoms with Gasteiger partial charge in [-0.2, -0.15) is 5.10 Å². The van der Waals surface area contributed by atoms with Gasteiger partial charge in [0.15, 0.2) is 5.17 Å². The summed E-state index contributed by atoms with van der Waals surface area (Å²) >= 11 is 1.42. The quantitative estimate of drug-likeness (QED) is 0.543. The van der Waals surface area contributed by atoms with E-state index in [-0.39, 0.29) is 17.0 Å². The van der Waals surface area contributed by atoms with E-state index in [4.69, 9.17) is 0 Å². The summed E-state index contributed by atoms with van der Waals surface area (Å²) in [6.07, 6.45) is 2.39. The minimum Gasteiger partial charge on any atom is -0.378 e. The minimum absolute atomic E-state index is 0.0149. The number of carbonyl (C=O) groups excluding carboxylic acids is 1. The molecule has 0 aliphatic carbocycles. The van der Waals surface area contributed by atoms with Crippen molar-refractivity contribution in [3.8, 4) is 0 Å². The van der Waals surface area contributed by atoms with Gasteiger partial charge in [-0.05, 0) is 41.8 Å². The zero-order chi connectivity index (χ0) is 20.1. The Hall–Kier alpha value is -2.67. The van der Waals surface area contributed by atoms with E-state index in [9.17, 15) is 9.18 Å². The molecule has 5 nitrogen and oxygen atoms in total. The molecule has 1 heterocycles. The molecule has 1 fully saturated rings. The number of anilines is 1. The number of amidine groups is 1. The van der Waals surface area contributed by atoms with E-state index >= 15 is 0 Å². The first kappa shape index (κ1) is 20.1. The summed E-state index contributed by atoms with van der Waals surface area (Å²) in [5.74, 6) is -0.280. The van der Waals surface area contributed by atoms with Crippen LogP contribution in [0.4, 0.5) is 10.1 Å². The van der Waals surface area contributed by atoms with Crippen LogP contribution in [0, 0.1) is 5.82 Å². The van der Waals surface area contributed by atoms with Crippen LogP contribution in [-0.4, -0.2) is 41.5 Å². The molecule has 3 rings (SSSR count). The second-order valence-electron chi connectivity index (χ2n) is 6.68. The molecular formula is C21H23FN4OS. The SMILES string of the molecule is CCC1SC(=N/N=C/c2ccc(N(C)C)cc2)N(Cc2ccc(F)cc2)C1=O. The highest BCUT2D eigenvalue weighted by atomic mass is 32.2. The predicted octanol–water partition coefficient (Wildman–Crippen LogP) is 4.14. The second-order valence-corrected chi connectivity index (χ2v) is 7.85. The lowest BCUT2D eigenvalue weighted by Crippen LogP contribution is -2.31. The molecule has 7 heteroatoms. The van der Waals surface area contributed by atoms with Gasteiger partial charge >= 0.3 is 0 Å². The van der Waals surface area contributed by atoms with E-state index in [1.165, 1.54) is 23.9 Å². The largest absolute Gasteiger partial charge is 0.378 e. The summed E-state index contributed by atoms with van der Waals surface area (Å²) in [7, 11) is 3.98. The van der Waals surface area contributed by atoms with Crippen LogP contribution in [0.3, 0.4) is 0 Å². The Bertz CT molecular complexity index is 878. The number of amides is 1. The van der Waals surface area contributed by atoms with Crippen molar-refractivity contribution in [3.05, 3.63) is 65.5 Å². The smallest absolute Gasteiger partial charge is 0.242 e. The Morgan fingerprint density at radius 2 is 1.82 bits per heavy atom. The Labute approximate surface area is 168 Å². The van der Waals surface area contributed by atoms with Crippen molar-refractivity contribution in [2.45, 2.75) is 25.1 Å². The molecule has 1 amide bonds. The van der Waals surface area contributed by atoms with Crippen LogP contribution in [0.15, 0.2) is 58.7 Å². The molecule has 146 valence electrons. The van der Waals surface area contributed by atoms with Crippen LogP contribution in [0.1, 0.15) is 24.5 Å². The molecule has 1 aliphatic rings. The van der Waals surface area contributed by atoms with E-state index in [0.29, 0.717) is 11.7 Å². The van der Waals surface area contributed by atoms with Gasteiger partial charge in [0.25, 0.3) is 0 Å².